The van der Waals surface area contributed by atoms with Gasteiger partial charge >= 0.3 is 7.60 Å². The number of hydrogen-bond acceptors (Lipinski definition) is 3. The Hall–Kier alpha value is -1.29. The highest BCUT2D eigenvalue weighted by molar-refractivity contribution is 7.51. The van der Waals surface area contributed by atoms with Crippen molar-refractivity contribution in [3.05, 3.63) is 35.9 Å². The SMILES string of the molecule is CCCCCCC/C=C/C1(C)CCc2cc(OC(CCCC)CP(=O)(O)O)ccc2O1. The summed E-state index contributed by atoms with van der Waals surface area (Å²) >= 11 is 0. The van der Waals surface area contributed by atoms with Crippen LogP contribution in [0.2, 0.25) is 0 Å². The van der Waals surface area contributed by atoms with Gasteiger partial charge in [-0.25, -0.2) is 0 Å². The van der Waals surface area contributed by atoms with Crippen LogP contribution in [0.1, 0.15) is 90.5 Å². The largest absolute Gasteiger partial charge is 0.490 e. The molecule has 2 rings (SSSR count). The zero-order chi connectivity index (χ0) is 22.7. The Balaban J connectivity index is 1.94. The Labute approximate surface area is 188 Å². The van der Waals surface area contributed by atoms with Gasteiger partial charge in [0.1, 0.15) is 23.2 Å². The maximum Gasteiger partial charge on any atom is 0.329 e. The fraction of sp³-hybridized carbons (Fsp3) is 0.680. The molecular formula is C25H41O5P. The molecule has 0 radical (unpaired) electrons. The van der Waals surface area contributed by atoms with E-state index < -0.39 is 13.7 Å². The van der Waals surface area contributed by atoms with Crippen LogP contribution in [-0.4, -0.2) is 27.7 Å². The highest BCUT2D eigenvalue weighted by atomic mass is 31.2. The van der Waals surface area contributed by atoms with Gasteiger partial charge in [-0.15, -0.1) is 0 Å². The van der Waals surface area contributed by atoms with Gasteiger partial charge in [-0.1, -0.05) is 58.4 Å². The highest BCUT2D eigenvalue weighted by Gasteiger charge is 2.29. The molecule has 0 bridgehead atoms. The molecule has 1 aliphatic heterocycles. The van der Waals surface area contributed by atoms with E-state index in [4.69, 9.17) is 9.47 Å². The third-order valence-corrected chi connectivity index (χ3v) is 6.72. The van der Waals surface area contributed by atoms with E-state index in [9.17, 15) is 14.4 Å². The maximum atomic E-state index is 11.5. The predicted octanol–water partition coefficient (Wildman–Crippen LogP) is 6.80. The van der Waals surface area contributed by atoms with Gasteiger partial charge in [0, 0.05) is 0 Å². The molecule has 1 aliphatic rings. The average molecular weight is 453 g/mol. The number of aryl methyl sites for hydroxylation is 1. The van der Waals surface area contributed by atoms with Gasteiger partial charge in [-0.05, 0) is 68.9 Å². The number of rotatable bonds is 14. The van der Waals surface area contributed by atoms with Gasteiger partial charge in [0.25, 0.3) is 0 Å². The predicted molar refractivity (Wildman–Crippen MR) is 127 cm³/mol. The van der Waals surface area contributed by atoms with Crippen molar-refractivity contribution in [3.8, 4) is 11.5 Å². The standard InChI is InChI=1S/C25H41O5P/c1-4-6-8-9-10-11-12-17-25(3)18-16-21-19-22(14-15-24(21)30-25)29-23(13-7-5-2)20-31(26,27)28/h12,14-15,17,19,23H,4-11,13,16,18,20H2,1-3H3,(H2,26,27,28)/b17-12+. The minimum absolute atomic E-state index is 0.248. The van der Waals surface area contributed by atoms with Gasteiger partial charge in [0.05, 0.1) is 6.16 Å². The number of hydrogen-bond donors (Lipinski definition) is 2. The summed E-state index contributed by atoms with van der Waals surface area (Å²) in [6.45, 7) is 6.43. The first-order chi connectivity index (χ1) is 14.7. The second kappa shape index (κ2) is 12.7. The van der Waals surface area contributed by atoms with Crippen LogP contribution in [0, 0.1) is 0 Å². The first-order valence-electron chi connectivity index (χ1n) is 12.0. The number of fused-ring (bicyclic) bond motifs is 1. The molecule has 31 heavy (non-hydrogen) atoms. The monoisotopic (exact) mass is 452 g/mol. The van der Waals surface area contributed by atoms with E-state index in [2.05, 4.69) is 32.9 Å². The smallest absolute Gasteiger partial charge is 0.329 e. The Bertz CT molecular complexity index is 741. The molecule has 1 aromatic carbocycles. The minimum Gasteiger partial charge on any atom is -0.490 e. The van der Waals surface area contributed by atoms with Crippen LogP contribution in [0.4, 0.5) is 0 Å². The zero-order valence-corrected chi connectivity index (χ0v) is 20.4. The Kier molecular flexibility index (Phi) is 10.6. The molecule has 0 aromatic heterocycles. The van der Waals surface area contributed by atoms with Crippen molar-refractivity contribution in [1.82, 2.24) is 0 Å². The van der Waals surface area contributed by atoms with Crippen LogP contribution in [0.5, 0.6) is 11.5 Å². The fourth-order valence-electron chi connectivity index (χ4n) is 4.00. The number of allylic oxidation sites excluding steroid dienone is 1. The van der Waals surface area contributed by atoms with Crippen LogP contribution in [-0.2, 0) is 11.0 Å². The van der Waals surface area contributed by atoms with Crippen molar-refractivity contribution >= 4 is 7.60 Å². The third kappa shape index (κ3) is 9.80. The Morgan fingerprint density at radius 3 is 2.61 bits per heavy atom. The van der Waals surface area contributed by atoms with Crippen molar-refractivity contribution in [2.24, 2.45) is 0 Å². The lowest BCUT2D eigenvalue weighted by Gasteiger charge is -2.34. The number of benzene rings is 1. The molecule has 176 valence electrons. The summed E-state index contributed by atoms with van der Waals surface area (Å²) < 4.78 is 23.7. The van der Waals surface area contributed by atoms with E-state index in [1.54, 1.807) is 0 Å². The molecule has 6 heteroatoms. The number of unbranched alkanes of at least 4 members (excludes halogenated alkanes) is 6. The van der Waals surface area contributed by atoms with Crippen molar-refractivity contribution in [2.75, 3.05) is 6.16 Å². The molecule has 5 nitrogen and oxygen atoms in total. The summed E-state index contributed by atoms with van der Waals surface area (Å²) in [6.07, 6.45) is 15.6. The van der Waals surface area contributed by atoms with E-state index in [0.717, 1.165) is 43.4 Å². The normalized spacial score (nSPS) is 19.8. The summed E-state index contributed by atoms with van der Waals surface area (Å²) in [4.78, 5) is 18.7. The summed E-state index contributed by atoms with van der Waals surface area (Å²) in [7, 11) is -4.12. The minimum atomic E-state index is -4.12. The quantitative estimate of drug-likeness (QED) is 0.184. The summed E-state index contributed by atoms with van der Waals surface area (Å²) in [5, 5.41) is 0. The van der Waals surface area contributed by atoms with Crippen molar-refractivity contribution in [3.63, 3.8) is 0 Å². The van der Waals surface area contributed by atoms with Crippen LogP contribution in [0.15, 0.2) is 30.4 Å². The van der Waals surface area contributed by atoms with Gasteiger partial charge in [-0.3, -0.25) is 4.57 Å². The maximum absolute atomic E-state index is 11.5. The van der Waals surface area contributed by atoms with Crippen molar-refractivity contribution < 1.29 is 23.8 Å². The van der Waals surface area contributed by atoms with Gasteiger partial charge in [0.15, 0.2) is 0 Å². The molecule has 1 aromatic rings. The van der Waals surface area contributed by atoms with Crippen molar-refractivity contribution in [1.29, 1.82) is 0 Å². The van der Waals surface area contributed by atoms with Crippen molar-refractivity contribution in [2.45, 2.75) is 103 Å². The lowest BCUT2D eigenvalue weighted by atomic mass is 9.91. The molecule has 0 fully saturated rings. The van der Waals surface area contributed by atoms with E-state index in [1.165, 1.54) is 32.1 Å². The topological polar surface area (TPSA) is 76.0 Å². The molecule has 1 heterocycles. The van der Waals surface area contributed by atoms with E-state index in [1.807, 2.05) is 18.2 Å². The molecule has 0 aliphatic carbocycles. The van der Waals surface area contributed by atoms with E-state index in [0.29, 0.717) is 12.2 Å². The Morgan fingerprint density at radius 1 is 1.16 bits per heavy atom. The molecule has 2 atom stereocenters. The first kappa shape index (κ1) is 26.0. The fourth-order valence-corrected chi connectivity index (χ4v) is 4.79. The molecule has 2 N–H and O–H groups in total. The van der Waals surface area contributed by atoms with Crippen LogP contribution >= 0.6 is 7.60 Å². The molecule has 0 saturated heterocycles. The molecular weight excluding hydrogens is 411 g/mol. The third-order valence-electron chi connectivity index (χ3n) is 5.83. The van der Waals surface area contributed by atoms with Gasteiger partial charge in [-0.2, -0.15) is 0 Å². The summed E-state index contributed by atoms with van der Waals surface area (Å²) in [6, 6.07) is 5.74. The second-order valence-electron chi connectivity index (χ2n) is 9.02. The molecule has 2 unspecified atom stereocenters. The average Bonchev–Trinajstić information content (AvgIpc) is 2.70. The number of ether oxygens (including phenoxy) is 2. The molecule has 0 amide bonds. The lowest BCUT2D eigenvalue weighted by molar-refractivity contribution is 0.113. The zero-order valence-electron chi connectivity index (χ0n) is 19.5. The Morgan fingerprint density at radius 2 is 1.90 bits per heavy atom. The second-order valence-corrected chi connectivity index (χ2v) is 10.7. The molecule has 0 spiro atoms. The van der Waals surface area contributed by atoms with Crippen LogP contribution in [0.3, 0.4) is 0 Å². The van der Waals surface area contributed by atoms with Gasteiger partial charge in [0.2, 0.25) is 0 Å². The van der Waals surface area contributed by atoms with Gasteiger partial charge < -0.3 is 19.3 Å². The summed E-state index contributed by atoms with van der Waals surface area (Å²) in [5.41, 5.74) is 0.802. The summed E-state index contributed by atoms with van der Waals surface area (Å²) in [5.74, 6) is 1.52. The van der Waals surface area contributed by atoms with Crippen LogP contribution in [0.25, 0.3) is 0 Å². The molecule has 0 saturated carbocycles. The van der Waals surface area contributed by atoms with E-state index in [-0.39, 0.29) is 11.8 Å². The first-order valence-corrected chi connectivity index (χ1v) is 13.8. The van der Waals surface area contributed by atoms with E-state index >= 15 is 0 Å². The lowest BCUT2D eigenvalue weighted by Crippen LogP contribution is -2.34. The highest BCUT2D eigenvalue weighted by Crippen LogP contribution is 2.39. The van der Waals surface area contributed by atoms with Crippen LogP contribution < -0.4 is 9.47 Å².